The van der Waals surface area contributed by atoms with Gasteiger partial charge in [0.25, 0.3) is 0 Å². The second-order valence-electron chi connectivity index (χ2n) is 12.3. The number of nitrogens with zero attached hydrogens (tertiary/aromatic N) is 1. The fraction of sp³-hybridized carbons (Fsp3) is 0.647. The van der Waals surface area contributed by atoms with Gasteiger partial charge in [0.15, 0.2) is 13.6 Å². The molecular weight excluding hydrogens is 581 g/mol. The van der Waals surface area contributed by atoms with Crippen molar-refractivity contribution in [2.75, 3.05) is 81.5 Å². The Balaban J connectivity index is 2.95. The summed E-state index contributed by atoms with van der Waals surface area (Å²) in [6.45, 7) is 21.1. The minimum absolute atomic E-state index is 0.0925. The van der Waals surface area contributed by atoms with Crippen LogP contribution in [0.2, 0.25) is 0 Å². The van der Waals surface area contributed by atoms with Gasteiger partial charge in [0.1, 0.15) is 23.0 Å². The summed E-state index contributed by atoms with van der Waals surface area (Å²) in [5.74, 6) is 3.11. The van der Waals surface area contributed by atoms with Crippen molar-refractivity contribution >= 4 is 18.7 Å². The largest absolute Gasteiger partial charge is 0.497 e. The highest BCUT2D eigenvalue weighted by atomic mass is 31.1. The molecule has 250 valence electrons. The maximum absolute atomic E-state index is 6.55. The molecule has 0 radical (unpaired) electrons. The number of methoxy groups -OCH3 is 4. The average molecular weight is 638 g/mol. The van der Waals surface area contributed by atoms with Crippen molar-refractivity contribution in [3.05, 3.63) is 35.4 Å². The molecular formula is C34H56NO8P. The number of hydrogen-bond acceptors (Lipinski definition) is 9. The lowest BCUT2D eigenvalue weighted by Crippen LogP contribution is -2.33. The lowest BCUT2D eigenvalue weighted by atomic mass is 9.86. The zero-order valence-corrected chi connectivity index (χ0v) is 30.0. The van der Waals surface area contributed by atoms with E-state index in [1.165, 1.54) is 0 Å². The Morgan fingerprint density at radius 1 is 0.591 bits per heavy atom. The predicted molar refractivity (Wildman–Crippen MR) is 179 cm³/mol. The fourth-order valence-electron chi connectivity index (χ4n) is 4.69. The minimum Gasteiger partial charge on any atom is -0.497 e. The van der Waals surface area contributed by atoms with E-state index in [0.717, 1.165) is 57.8 Å². The third-order valence-electron chi connectivity index (χ3n) is 7.08. The number of rotatable bonds is 19. The van der Waals surface area contributed by atoms with E-state index in [2.05, 4.69) is 84.3 Å². The molecule has 0 heterocycles. The van der Waals surface area contributed by atoms with Gasteiger partial charge in [-0.25, -0.2) is 0 Å². The normalized spacial score (nSPS) is 12.2. The highest BCUT2D eigenvalue weighted by Crippen LogP contribution is 2.49. The molecule has 0 aliphatic carbocycles. The summed E-state index contributed by atoms with van der Waals surface area (Å²) in [5.41, 5.74) is 1.58. The fourth-order valence-corrected chi connectivity index (χ4v) is 7.38. The van der Waals surface area contributed by atoms with E-state index in [1.54, 1.807) is 28.4 Å². The van der Waals surface area contributed by atoms with Gasteiger partial charge in [-0.15, -0.1) is 0 Å². The first kappa shape index (κ1) is 38.1. The van der Waals surface area contributed by atoms with Crippen LogP contribution in [0.1, 0.15) is 66.5 Å². The van der Waals surface area contributed by atoms with E-state index in [-0.39, 0.29) is 24.4 Å². The van der Waals surface area contributed by atoms with E-state index in [1.807, 2.05) is 0 Å². The molecule has 9 nitrogen and oxygen atoms in total. The van der Waals surface area contributed by atoms with Gasteiger partial charge in [0.05, 0.1) is 40.6 Å². The summed E-state index contributed by atoms with van der Waals surface area (Å²) in [6.07, 6.45) is 0. The third kappa shape index (κ3) is 10.5. The standard InChI is InChI=1S/C34H56NO8P/c1-13-35(14-2)44(29-21-25(38-11)19-27(33(3,4)5)31(29)42-23-40-17-15-36-9)30-22-26(39-12)20-28(34(6,7)8)32(30)43-24-41-18-16-37-10/h19-22H,13-18,23-24H2,1-12H3. The van der Waals surface area contributed by atoms with Crippen LogP contribution in [-0.2, 0) is 29.8 Å². The van der Waals surface area contributed by atoms with E-state index >= 15 is 0 Å². The highest BCUT2D eigenvalue weighted by molar-refractivity contribution is 7.71. The molecule has 0 saturated heterocycles. The molecule has 0 aliphatic rings. The van der Waals surface area contributed by atoms with Crippen LogP contribution in [0.25, 0.3) is 0 Å². The molecule has 0 saturated carbocycles. The second-order valence-corrected chi connectivity index (χ2v) is 14.5. The summed E-state index contributed by atoms with van der Waals surface area (Å²) in [5, 5.41) is 2.03. The monoisotopic (exact) mass is 637 g/mol. The molecule has 0 fully saturated rings. The van der Waals surface area contributed by atoms with Crippen LogP contribution in [0.3, 0.4) is 0 Å². The molecule has 44 heavy (non-hydrogen) atoms. The lowest BCUT2D eigenvalue weighted by Gasteiger charge is -2.36. The maximum atomic E-state index is 6.55. The first-order chi connectivity index (χ1) is 20.9. The molecule has 2 aromatic rings. The van der Waals surface area contributed by atoms with Crippen molar-refractivity contribution in [2.24, 2.45) is 0 Å². The van der Waals surface area contributed by atoms with Gasteiger partial charge in [-0.1, -0.05) is 55.4 Å². The van der Waals surface area contributed by atoms with Crippen LogP contribution in [0.15, 0.2) is 24.3 Å². The van der Waals surface area contributed by atoms with E-state index in [9.17, 15) is 0 Å². The van der Waals surface area contributed by atoms with Crippen LogP contribution in [-0.4, -0.2) is 86.2 Å². The van der Waals surface area contributed by atoms with Crippen molar-refractivity contribution in [2.45, 2.75) is 66.2 Å². The Morgan fingerprint density at radius 3 is 1.27 bits per heavy atom. The Kier molecular flexibility index (Phi) is 15.7. The van der Waals surface area contributed by atoms with Gasteiger partial charge in [-0.3, -0.25) is 4.67 Å². The quantitative estimate of drug-likeness (QED) is 0.105. The molecule has 0 unspecified atom stereocenters. The van der Waals surface area contributed by atoms with Gasteiger partial charge in [0, 0.05) is 44.0 Å². The van der Waals surface area contributed by atoms with E-state index in [4.69, 9.17) is 37.9 Å². The predicted octanol–water partition coefficient (Wildman–Crippen LogP) is 5.99. The molecule has 2 aromatic carbocycles. The van der Waals surface area contributed by atoms with Crippen LogP contribution < -0.4 is 29.6 Å². The number of benzene rings is 2. The smallest absolute Gasteiger partial charge is 0.189 e. The molecule has 0 atom stereocenters. The highest BCUT2D eigenvalue weighted by Gasteiger charge is 2.34. The van der Waals surface area contributed by atoms with Crippen molar-refractivity contribution in [3.8, 4) is 23.0 Å². The summed E-state index contributed by atoms with van der Waals surface area (Å²) in [4.78, 5) is 0. The second kappa shape index (κ2) is 18.1. The van der Waals surface area contributed by atoms with Crippen molar-refractivity contribution in [3.63, 3.8) is 0 Å². The minimum atomic E-state index is -1.22. The Morgan fingerprint density at radius 2 is 0.977 bits per heavy atom. The van der Waals surface area contributed by atoms with Crippen molar-refractivity contribution in [1.82, 2.24) is 4.67 Å². The van der Waals surface area contributed by atoms with E-state index < -0.39 is 8.07 Å². The first-order valence-corrected chi connectivity index (χ1v) is 16.6. The number of hydrogen-bond donors (Lipinski definition) is 0. The molecule has 10 heteroatoms. The van der Waals surface area contributed by atoms with Crippen molar-refractivity contribution < 1.29 is 37.9 Å². The lowest BCUT2D eigenvalue weighted by molar-refractivity contribution is -0.00876. The number of ether oxygens (including phenoxy) is 8. The Bertz CT molecular complexity index is 1060. The molecule has 2 rings (SSSR count). The zero-order valence-electron chi connectivity index (χ0n) is 29.1. The summed E-state index contributed by atoms with van der Waals surface area (Å²) in [6, 6.07) is 8.33. The van der Waals surface area contributed by atoms with Gasteiger partial charge in [-0.2, -0.15) is 0 Å². The average Bonchev–Trinajstić information content (AvgIpc) is 2.98. The van der Waals surface area contributed by atoms with Crippen LogP contribution in [0, 0.1) is 0 Å². The van der Waals surface area contributed by atoms with Gasteiger partial charge >= 0.3 is 0 Å². The molecule has 0 aliphatic heterocycles. The van der Waals surface area contributed by atoms with Crippen LogP contribution in [0.4, 0.5) is 0 Å². The third-order valence-corrected chi connectivity index (χ3v) is 9.79. The zero-order chi connectivity index (χ0) is 32.9. The maximum Gasteiger partial charge on any atom is 0.189 e. The molecule has 0 amide bonds. The molecule has 0 bridgehead atoms. The SMILES string of the molecule is CCN(CC)P(c1cc(OC)cc(C(C)(C)C)c1OCOCCOC)c1cc(OC)cc(C(C)(C)C)c1OCOCCOC. The Labute approximate surface area is 267 Å². The van der Waals surface area contributed by atoms with Gasteiger partial charge in [-0.05, 0) is 48.2 Å². The van der Waals surface area contributed by atoms with Crippen LogP contribution in [0.5, 0.6) is 23.0 Å². The van der Waals surface area contributed by atoms with Gasteiger partial charge < -0.3 is 37.9 Å². The summed E-state index contributed by atoms with van der Waals surface area (Å²) < 4.78 is 49.3. The molecule has 0 aromatic heterocycles. The summed E-state index contributed by atoms with van der Waals surface area (Å²) >= 11 is 0. The van der Waals surface area contributed by atoms with E-state index in [0.29, 0.717) is 26.4 Å². The summed E-state index contributed by atoms with van der Waals surface area (Å²) in [7, 11) is 5.50. The topological polar surface area (TPSA) is 77.1 Å². The van der Waals surface area contributed by atoms with Crippen molar-refractivity contribution in [1.29, 1.82) is 0 Å². The Hall–Kier alpha value is -2.13. The molecule has 0 N–H and O–H groups in total. The van der Waals surface area contributed by atoms with Gasteiger partial charge in [0.2, 0.25) is 0 Å². The van der Waals surface area contributed by atoms with Crippen LogP contribution >= 0.6 is 8.07 Å². The molecule has 0 spiro atoms. The first-order valence-electron chi connectivity index (χ1n) is 15.3.